The number of aromatic nitrogens is 2. The molecule has 0 spiro atoms. The van der Waals surface area contributed by atoms with E-state index in [2.05, 4.69) is 15.5 Å². The van der Waals surface area contributed by atoms with Gasteiger partial charge in [0.1, 0.15) is 0 Å². The van der Waals surface area contributed by atoms with Gasteiger partial charge >= 0.3 is 0 Å². The molecule has 0 aromatic carbocycles. The van der Waals surface area contributed by atoms with Crippen LogP contribution in [0.2, 0.25) is 0 Å². The van der Waals surface area contributed by atoms with Crippen molar-refractivity contribution >= 4 is 11.6 Å². The van der Waals surface area contributed by atoms with Crippen molar-refractivity contribution in [3.8, 4) is 0 Å². The summed E-state index contributed by atoms with van der Waals surface area (Å²) >= 11 is 0. The number of carbonyl (C=O) groups is 1. The molecule has 4 N–H and O–H groups in total. The van der Waals surface area contributed by atoms with E-state index in [1.807, 2.05) is 13.8 Å². The van der Waals surface area contributed by atoms with Crippen LogP contribution in [0.25, 0.3) is 0 Å². The van der Waals surface area contributed by atoms with Crippen molar-refractivity contribution in [2.45, 2.75) is 52.0 Å². The van der Waals surface area contributed by atoms with E-state index in [-0.39, 0.29) is 11.8 Å². The minimum absolute atomic E-state index is 0.110. The lowest BCUT2D eigenvalue weighted by Crippen LogP contribution is -2.48. The zero-order chi connectivity index (χ0) is 14.3. The van der Waals surface area contributed by atoms with Crippen molar-refractivity contribution in [2.75, 3.05) is 5.32 Å². The van der Waals surface area contributed by atoms with Crippen LogP contribution in [0.4, 0.5) is 5.69 Å². The van der Waals surface area contributed by atoms with Gasteiger partial charge in [-0.25, -0.2) is 0 Å². The number of hydrogen-bond donors (Lipinski definition) is 3. The zero-order valence-corrected chi connectivity index (χ0v) is 12.3. The molecule has 1 aromatic rings. The SMILES string of the molecule is Cc1n[nH]c(C)c1NC(=O)C1CC2CCCC(C1)C2N. The second kappa shape index (κ2) is 5.20. The van der Waals surface area contributed by atoms with Gasteiger partial charge in [0.05, 0.1) is 17.1 Å². The highest BCUT2D eigenvalue weighted by Gasteiger charge is 2.40. The first kappa shape index (κ1) is 13.6. The molecule has 0 aliphatic heterocycles. The van der Waals surface area contributed by atoms with Gasteiger partial charge in [-0.3, -0.25) is 9.89 Å². The molecular formula is C15H24N4O. The van der Waals surface area contributed by atoms with Crippen LogP contribution in [0, 0.1) is 31.6 Å². The number of amides is 1. The van der Waals surface area contributed by atoms with Gasteiger partial charge in [0.25, 0.3) is 0 Å². The van der Waals surface area contributed by atoms with Crippen LogP contribution in [0.15, 0.2) is 0 Å². The number of carbonyl (C=O) groups excluding carboxylic acids is 1. The number of fused-ring (bicyclic) bond motifs is 2. The molecule has 3 rings (SSSR count). The summed E-state index contributed by atoms with van der Waals surface area (Å²) in [6, 6.07) is 0.310. The number of rotatable bonds is 2. The average Bonchev–Trinajstić information content (AvgIpc) is 2.70. The van der Waals surface area contributed by atoms with E-state index in [4.69, 9.17) is 5.73 Å². The normalized spacial score (nSPS) is 33.0. The average molecular weight is 276 g/mol. The molecule has 2 unspecified atom stereocenters. The summed E-state index contributed by atoms with van der Waals surface area (Å²) in [5, 5.41) is 10.1. The van der Waals surface area contributed by atoms with Crippen molar-refractivity contribution in [1.82, 2.24) is 10.2 Å². The maximum atomic E-state index is 12.5. The van der Waals surface area contributed by atoms with Gasteiger partial charge in [-0.1, -0.05) is 6.42 Å². The number of aryl methyl sites for hydroxylation is 2. The van der Waals surface area contributed by atoms with Crippen LogP contribution < -0.4 is 11.1 Å². The second-order valence-electron chi connectivity index (χ2n) is 6.50. The van der Waals surface area contributed by atoms with Gasteiger partial charge < -0.3 is 11.1 Å². The van der Waals surface area contributed by atoms with E-state index in [0.29, 0.717) is 17.9 Å². The van der Waals surface area contributed by atoms with E-state index >= 15 is 0 Å². The van der Waals surface area contributed by atoms with Gasteiger partial charge in [0.15, 0.2) is 0 Å². The Morgan fingerprint density at radius 3 is 2.50 bits per heavy atom. The fourth-order valence-corrected chi connectivity index (χ4v) is 3.96. The summed E-state index contributed by atoms with van der Waals surface area (Å²) in [7, 11) is 0. The maximum absolute atomic E-state index is 12.5. The first-order valence-electron chi connectivity index (χ1n) is 7.64. The smallest absolute Gasteiger partial charge is 0.227 e. The van der Waals surface area contributed by atoms with Crippen LogP contribution in [0.3, 0.4) is 0 Å². The Bertz CT molecular complexity index is 476. The summed E-state index contributed by atoms with van der Waals surface area (Å²) in [6.07, 6.45) is 5.53. The summed E-state index contributed by atoms with van der Waals surface area (Å²) < 4.78 is 0. The van der Waals surface area contributed by atoms with Gasteiger partial charge in [-0.2, -0.15) is 5.10 Å². The molecule has 2 atom stereocenters. The van der Waals surface area contributed by atoms with Gasteiger partial charge in [0.2, 0.25) is 5.91 Å². The number of anilines is 1. The largest absolute Gasteiger partial charge is 0.327 e. The van der Waals surface area contributed by atoms with Crippen LogP contribution in [0.1, 0.15) is 43.5 Å². The van der Waals surface area contributed by atoms with E-state index in [1.165, 1.54) is 19.3 Å². The van der Waals surface area contributed by atoms with E-state index in [0.717, 1.165) is 29.9 Å². The number of nitrogens with zero attached hydrogens (tertiary/aromatic N) is 1. The molecule has 5 heteroatoms. The van der Waals surface area contributed by atoms with Crippen molar-refractivity contribution in [2.24, 2.45) is 23.5 Å². The Labute approximate surface area is 119 Å². The Kier molecular flexibility index (Phi) is 3.54. The van der Waals surface area contributed by atoms with Crippen molar-refractivity contribution in [3.05, 3.63) is 11.4 Å². The van der Waals surface area contributed by atoms with Crippen LogP contribution >= 0.6 is 0 Å². The van der Waals surface area contributed by atoms with E-state index in [9.17, 15) is 4.79 Å². The van der Waals surface area contributed by atoms with Crippen molar-refractivity contribution < 1.29 is 4.79 Å². The fourth-order valence-electron chi connectivity index (χ4n) is 3.96. The van der Waals surface area contributed by atoms with Crippen LogP contribution in [0.5, 0.6) is 0 Å². The third-order valence-corrected chi connectivity index (χ3v) is 5.16. The quantitative estimate of drug-likeness (QED) is 0.773. The molecule has 2 aliphatic carbocycles. The second-order valence-corrected chi connectivity index (χ2v) is 6.50. The van der Waals surface area contributed by atoms with E-state index < -0.39 is 0 Å². The third kappa shape index (κ3) is 2.35. The van der Waals surface area contributed by atoms with Crippen molar-refractivity contribution in [1.29, 1.82) is 0 Å². The highest BCUT2D eigenvalue weighted by Crippen LogP contribution is 2.42. The Morgan fingerprint density at radius 1 is 1.30 bits per heavy atom. The zero-order valence-electron chi connectivity index (χ0n) is 12.3. The molecule has 2 bridgehead atoms. The first-order valence-corrected chi connectivity index (χ1v) is 7.64. The topological polar surface area (TPSA) is 83.8 Å². The Morgan fingerprint density at radius 2 is 1.95 bits per heavy atom. The van der Waals surface area contributed by atoms with Crippen LogP contribution in [-0.2, 0) is 4.79 Å². The summed E-state index contributed by atoms with van der Waals surface area (Å²) in [5.41, 5.74) is 8.90. The van der Waals surface area contributed by atoms with Gasteiger partial charge in [0, 0.05) is 12.0 Å². The Balaban J connectivity index is 1.69. The van der Waals surface area contributed by atoms with Crippen LogP contribution in [-0.4, -0.2) is 22.1 Å². The molecule has 110 valence electrons. The van der Waals surface area contributed by atoms with E-state index in [1.54, 1.807) is 0 Å². The molecule has 0 radical (unpaired) electrons. The third-order valence-electron chi connectivity index (χ3n) is 5.16. The number of aromatic amines is 1. The standard InChI is InChI=1S/C15H24N4O/c1-8-14(9(2)19-18-8)17-15(20)12-6-10-4-3-5-11(7-12)13(10)16/h10-13H,3-7,16H2,1-2H3,(H,17,20)(H,18,19). The minimum atomic E-state index is 0.110. The predicted molar refractivity (Wildman–Crippen MR) is 78.2 cm³/mol. The first-order chi connectivity index (χ1) is 9.56. The lowest BCUT2D eigenvalue weighted by Gasteiger charge is -2.43. The summed E-state index contributed by atoms with van der Waals surface area (Å²) in [4.78, 5) is 12.5. The predicted octanol–water partition coefficient (Wildman–Crippen LogP) is 2.12. The highest BCUT2D eigenvalue weighted by molar-refractivity contribution is 5.93. The summed E-state index contributed by atoms with van der Waals surface area (Å²) in [5.74, 6) is 1.31. The molecule has 2 fully saturated rings. The number of nitrogens with one attached hydrogen (secondary N) is 2. The fraction of sp³-hybridized carbons (Fsp3) is 0.733. The molecule has 1 heterocycles. The number of H-pyrrole nitrogens is 1. The lowest BCUT2D eigenvalue weighted by atomic mass is 9.65. The molecule has 1 aromatic heterocycles. The van der Waals surface area contributed by atoms with Gasteiger partial charge in [-0.05, 0) is 51.4 Å². The molecule has 0 saturated heterocycles. The summed E-state index contributed by atoms with van der Waals surface area (Å²) in [6.45, 7) is 3.84. The molecular weight excluding hydrogens is 252 g/mol. The Hall–Kier alpha value is -1.36. The number of nitrogens with two attached hydrogens (primary N) is 1. The number of hydrogen-bond acceptors (Lipinski definition) is 3. The van der Waals surface area contributed by atoms with Gasteiger partial charge in [-0.15, -0.1) is 0 Å². The monoisotopic (exact) mass is 276 g/mol. The molecule has 2 saturated carbocycles. The molecule has 20 heavy (non-hydrogen) atoms. The van der Waals surface area contributed by atoms with Crippen molar-refractivity contribution in [3.63, 3.8) is 0 Å². The molecule has 1 amide bonds. The lowest BCUT2D eigenvalue weighted by molar-refractivity contribution is -0.122. The molecule has 5 nitrogen and oxygen atoms in total. The highest BCUT2D eigenvalue weighted by atomic mass is 16.1. The molecule has 2 aliphatic rings. The minimum Gasteiger partial charge on any atom is -0.327 e. The maximum Gasteiger partial charge on any atom is 0.227 e.